The fourth-order valence-electron chi connectivity index (χ4n) is 3.75. The molecule has 0 spiro atoms. The Labute approximate surface area is 173 Å². The number of rotatable bonds is 5. The van der Waals surface area contributed by atoms with Crippen molar-refractivity contribution >= 4 is 17.5 Å². The number of benzene rings is 2. The van der Waals surface area contributed by atoms with Crippen molar-refractivity contribution in [3.8, 4) is 0 Å². The molecule has 1 heterocycles. The second-order valence-electron chi connectivity index (χ2n) is 7.88. The van der Waals surface area contributed by atoms with Gasteiger partial charge in [0.15, 0.2) is 0 Å². The van der Waals surface area contributed by atoms with Crippen molar-refractivity contribution in [2.75, 3.05) is 38.0 Å². The minimum absolute atomic E-state index is 0.00272. The maximum absolute atomic E-state index is 12.8. The molecule has 29 heavy (non-hydrogen) atoms. The number of amides is 2. The van der Waals surface area contributed by atoms with Crippen molar-refractivity contribution < 1.29 is 9.59 Å². The van der Waals surface area contributed by atoms with E-state index in [0.29, 0.717) is 32.7 Å². The van der Waals surface area contributed by atoms with E-state index in [0.717, 1.165) is 34.4 Å². The quantitative estimate of drug-likeness (QED) is 0.845. The number of hydrogen-bond donors (Lipinski definition) is 1. The summed E-state index contributed by atoms with van der Waals surface area (Å²) in [7, 11) is 0. The van der Waals surface area contributed by atoms with Gasteiger partial charge in [0.25, 0.3) is 5.91 Å². The smallest absolute Gasteiger partial charge is 0.253 e. The maximum Gasteiger partial charge on any atom is 0.253 e. The molecule has 1 fully saturated rings. The van der Waals surface area contributed by atoms with Gasteiger partial charge in [-0.15, -0.1) is 0 Å². The highest BCUT2D eigenvalue weighted by Crippen LogP contribution is 2.21. The second-order valence-corrected chi connectivity index (χ2v) is 7.88. The Morgan fingerprint density at radius 3 is 2.31 bits per heavy atom. The Morgan fingerprint density at radius 1 is 0.931 bits per heavy atom. The summed E-state index contributed by atoms with van der Waals surface area (Å²) >= 11 is 0. The number of anilines is 1. The molecule has 0 unspecified atom stereocenters. The van der Waals surface area contributed by atoms with Gasteiger partial charge >= 0.3 is 0 Å². The maximum atomic E-state index is 12.8. The highest BCUT2D eigenvalue weighted by Gasteiger charge is 2.23. The molecular formula is C24H31N3O2. The van der Waals surface area contributed by atoms with Crippen molar-refractivity contribution in [1.82, 2.24) is 9.80 Å². The molecule has 1 aliphatic rings. The lowest BCUT2D eigenvalue weighted by molar-refractivity contribution is -0.117. The normalized spacial score (nSPS) is 14.7. The van der Waals surface area contributed by atoms with Crippen LogP contribution >= 0.6 is 0 Å². The molecule has 0 aliphatic carbocycles. The minimum Gasteiger partial charge on any atom is -0.336 e. The van der Waals surface area contributed by atoms with E-state index in [2.05, 4.69) is 23.2 Å². The summed E-state index contributed by atoms with van der Waals surface area (Å²) in [5.41, 5.74) is 6.24. The summed E-state index contributed by atoms with van der Waals surface area (Å²) in [6, 6.07) is 12.0. The zero-order valence-electron chi connectivity index (χ0n) is 17.9. The number of aryl methyl sites for hydroxylation is 4. The Kier molecular flexibility index (Phi) is 6.70. The van der Waals surface area contributed by atoms with Gasteiger partial charge in [0.1, 0.15) is 0 Å². The summed E-state index contributed by atoms with van der Waals surface area (Å²) in [6.07, 6.45) is 0.885. The SMILES string of the molecule is CCc1cccc(C)c1NC(=O)CN1CCN(C(=O)c2ccc(C)c(C)c2)CC1. The van der Waals surface area contributed by atoms with Gasteiger partial charge in [-0.05, 0) is 61.6 Å². The van der Waals surface area contributed by atoms with Crippen LogP contribution in [-0.4, -0.2) is 54.3 Å². The van der Waals surface area contributed by atoms with Crippen LogP contribution in [0.25, 0.3) is 0 Å². The first-order valence-electron chi connectivity index (χ1n) is 10.4. The Balaban J connectivity index is 1.54. The molecular weight excluding hydrogens is 362 g/mol. The zero-order chi connectivity index (χ0) is 21.0. The van der Waals surface area contributed by atoms with Crippen LogP contribution in [0.5, 0.6) is 0 Å². The van der Waals surface area contributed by atoms with E-state index in [4.69, 9.17) is 0 Å². The Hall–Kier alpha value is -2.66. The number of carbonyl (C=O) groups excluding carboxylic acids is 2. The van der Waals surface area contributed by atoms with E-state index in [-0.39, 0.29) is 11.8 Å². The van der Waals surface area contributed by atoms with Gasteiger partial charge in [0, 0.05) is 37.4 Å². The topological polar surface area (TPSA) is 52.7 Å². The van der Waals surface area contributed by atoms with Crippen LogP contribution in [0.3, 0.4) is 0 Å². The van der Waals surface area contributed by atoms with Gasteiger partial charge in [-0.1, -0.05) is 31.2 Å². The first-order chi connectivity index (χ1) is 13.9. The zero-order valence-corrected chi connectivity index (χ0v) is 17.9. The molecule has 154 valence electrons. The average molecular weight is 394 g/mol. The van der Waals surface area contributed by atoms with Gasteiger partial charge in [-0.2, -0.15) is 0 Å². The molecule has 3 rings (SSSR count). The van der Waals surface area contributed by atoms with Crippen molar-refractivity contribution in [2.24, 2.45) is 0 Å². The van der Waals surface area contributed by atoms with Crippen LogP contribution in [0.1, 0.15) is 39.5 Å². The third-order valence-electron chi connectivity index (χ3n) is 5.78. The fraction of sp³-hybridized carbons (Fsp3) is 0.417. The standard InChI is InChI=1S/C24H31N3O2/c1-5-20-8-6-7-18(3)23(20)25-22(28)16-26-11-13-27(14-12-26)24(29)21-10-9-17(2)19(4)15-21/h6-10,15H,5,11-14,16H2,1-4H3,(H,25,28). The summed E-state index contributed by atoms with van der Waals surface area (Å²) in [4.78, 5) is 29.3. The van der Waals surface area contributed by atoms with Crippen LogP contribution < -0.4 is 5.32 Å². The molecule has 0 aromatic heterocycles. The molecule has 2 aromatic carbocycles. The van der Waals surface area contributed by atoms with Crippen molar-refractivity contribution in [3.05, 3.63) is 64.2 Å². The number of piperazine rings is 1. The lowest BCUT2D eigenvalue weighted by Crippen LogP contribution is -2.50. The third-order valence-corrected chi connectivity index (χ3v) is 5.78. The first-order valence-corrected chi connectivity index (χ1v) is 10.4. The first kappa shape index (κ1) is 21.1. The van der Waals surface area contributed by atoms with E-state index in [9.17, 15) is 9.59 Å². The average Bonchev–Trinajstić information content (AvgIpc) is 2.71. The van der Waals surface area contributed by atoms with Gasteiger partial charge in [0.05, 0.1) is 6.54 Å². The largest absolute Gasteiger partial charge is 0.336 e. The van der Waals surface area contributed by atoms with Crippen molar-refractivity contribution in [3.63, 3.8) is 0 Å². The molecule has 1 N–H and O–H groups in total. The second kappa shape index (κ2) is 9.23. The summed E-state index contributed by atoms with van der Waals surface area (Å²) in [5.74, 6) is 0.0765. The van der Waals surface area contributed by atoms with Crippen molar-refractivity contribution in [2.45, 2.75) is 34.1 Å². The lowest BCUT2D eigenvalue weighted by Gasteiger charge is -2.34. The summed E-state index contributed by atoms with van der Waals surface area (Å²) < 4.78 is 0. The monoisotopic (exact) mass is 393 g/mol. The molecule has 5 heteroatoms. The van der Waals surface area contributed by atoms with E-state index in [1.54, 1.807) is 0 Å². The number of carbonyl (C=O) groups is 2. The van der Waals surface area contributed by atoms with Crippen LogP contribution in [0.4, 0.5) is 5.69 Å². The fourth-order valence-corrected chi connectivity index (χ4v) is 3.75. The highest BCUT2D eigenvalue weighted by molar-refractivity contribution is 5.95. The Morgan fingerprint density at radius 2 is 1.66 bits per heavy atom. The molecule has 0 radical (unpaired) electrons. The third kappa shape index (κ3) is 5.04. The highest BCUT2D eigenvalue weighted by atomic mass is 16.2. The van der Waals surface area contributed by atoms with Crippen LogP contribution in [0.2, 0.25) is 0 Å². The van der Waals surface area contributed by atoms with Crippen molar-refractivity contribution in [1.29, 1.82) is 0 Å². The van der Waals surface area contributed by atoms with Gasteiger partial charge < -0.3 is 10.2 Å². The molecule has 0 atom stereocenters. The molecule has 2 amide bonds. The predicted octanol–water partition coefficient (Wildman–Crippen LogP) is 3.57. The van der Waals surface area contributed by atoms with E-state index >= 15 is 0 Å². The molecule has 2 aromatic rings. The molecule has 5 nitrogen and oxygen atoms in total. The van der Waals surface area contributed by atoms with Crippen LogP contribution in [0.15, 0.2) is 36.4 Å². The van der Waals surface area contributed by atoms with Crippen LogP contribution in [-0.2, 0) is 11.2 Å². The number of nitrogens with zero attached hydrogens (tertiary/aromatic N) is 2. The number of hydrogen-bond acceptors (Lipinski definition) is 3. The Bertz CT molecular complexity index is 899. The number of nitrogens with one attached hydrogen (secondary N) is 1. The predicted molar refractivity (Wildman–Crippen MR) is 117 cm³/mol. The summed E-state index contributed by atoms with van der Waals surface area (Å²) in [6.45, 7) is 11.2. The summed E-state index contributed by atoms with van der Waals surface area (Å²) in [5, 5.41) is 3.09. The lowest BCUT2D eigenvalue weighted by atomic mass is 10.1. The molecule has 1 saturated heterocycles. The van der Waals surface area contributed by atoms with Gasteiger partial charge in [0.2, 0.25) is 5.91 Å². The molecule has 0 bridgehead atoms. The number of para-hydroxylation sites is 1. The minimum atomic E-state index is 0.00272. The van der Waals surface area contributed by atoms with Gasteiger partial charge in [-0.25, -0.2) is 0 Å². The van der Waals surface area contributed by atoms with E-state index in [1.165, 1.54) is 5.56 Å². The van der Waals surface area contributed by atoms with E-state index < -0.39 is 0 Å². The molecule has 1 aliphatic heterocycles. The molecule has 0 saturated carbocycles. The van der Waals surface area contributed by atoms with E-state index in [1.807, 2.05) is 56.0 Å². The van der Waals surface area contributed by atoms with Crippen LogP contribution in [0, 0.1) is 20.8 Å². The van der Waals surface area contributed by atoms with Gasteiger partial charge in [-0.3, -0.25) is 14.5 Å².